The van der Waals surface area contributed by atoms with Crippen LogP contribution in [0.15, 0.2) is 23.3 Å². The SMILES string of the molecule is C=C(C)C/C(N)=C/SCC. The molecule has 58 valence electrons. The summed E-state index contributed by atoms with van der Waals surface area (Å²) in [6, 6.07) is 0. The first-order chi connectivity index (χ1) is 4.66. The van der Waals surface area contributed by atoms with Crippen molar-refractivity contribution >= 4 is 11.8 Å². The summed E-state index contributed by atoms with van der Waals surface area (Å²) in [5.74, 6) is 1.08. The van der Waals surface area contributed by atoms with E-state index in [1.54, 1.807) is 11.8 Å². The first-order valence-corrected chi connectivity index (χ1v) is 4.42. The Morgan fingerprint density at radius 1 is 1.70 bits per heavy atom. The molecule has 0 aromatic heterocycles. The Morgan fingerprint density at radius 2 is 2.30 bits per heavy atom. The molecule has 0 amide bonds. The molecule has 2 N–H and O–H groups in total. The quantitative estimate of drug-likeness (QED) is 0.634. The van der Waals surface area contributed by atoms with Crippen molar-refractivity contribution in [3.63, 3.8) is 0 Å². The Hall–Kier alpha value is -0.370. The standard InChI is InChI=1S/C8H15NS/c1-4-10-6-8(9)5-7(2)3/h6H,2,4-5,9H2,1,3H3/b8-6-. The third-order valence-electron chi connectivity index (χ3n) is 0.907. The third kappa shape index (κ3) is 5.76. The molecule has 0 aromatic carbocycles. The molecule has 0 aliphatic carbocycles. The molecule has 0 spiro atoms. The maximum Gasteiger partial charge on any atom is 0.0185 e. The molecule has 0 heterocycles. The Labute approximate surface area is 67.4 Å². The highest BCUT2D eigenvalue weighted by atomic mass is 32.2. The monoisotopic (exact) mass is 157 g/mol. The topological polar surface area (TPSA) is 26.0 Å². The molecular formula is C8H15NS. The average molecular weight is 157 g/mol. The molecule has 0 unspecified atom stereocenters. The Bertz CT molecular complexity index is 138. The normalized spacial score (nSPS) is 11.6. The number of hydrogen-bond donors (Lipinski definition) is 1. The highest BCUT2D eigenvalue weighted by Crippen LogP contribution is 2.08. The number of allylic oxidation sites excluding steroid dienone is 1. The molecule has 0 rings (SSSR count). The van der Waals surface area contributed by atoms with Crippen molar-refractivity contribution < 1.29 is 0 Å². The summed E-state index contributed by atoms with van der Waals surface area (Å²) in [7, 11) is 0. The molecule has 0 aliphatic heterocycles. The number of hydrogen-bond acceptors (Lipinski definition) is 2. The molecule has 0 radical (unpaired) electrons. The fourth-order valence-corrected chi connectivity index (χ4v) is 1.04. The molecule has 0 saturated heterocycles. The maximum atomic E-state index is 5.64. The summed E-state index contributed by atoms with van der Waals surface area (Å²) < 4.78 is 0. The minimum absolute atomic E-state index is 0.826. The lowest BCUT2D eigenvalue weighted by molar-refractivity contribution is 1.09. The molecule has 0 saturated carbocycles. The van der Waals surface area contributed by atoms with Gasteiger partial charge in [-0.3, -0.25) is 0 Å². The van der Waals surface area contributed by atoms with E-state index in [0.29, 0.717) is 0 Å². The lowest BCUT2D eigenvalue weighted by Crippen LogP contribution is -1.95. The van der Waals surface area contributed by atoms with E-state index in [0.717, 1.165) is 23.4 Å². The summed E-state index contributed by atoms with van der Waals surface area (Å²) in [5, 5.41) is 1.99. The molecule has 2 heteroatoms. The lowest BCUT2D eigenvalue weighted by Gasteiger charge is -1.98. The van der Waals surface area contributed by atoms with Gasteiger partial charge < -0.3 is 5.73 Å². The van der Waals surface area contributed by atoms with Crippen LogP contribution in [0.4, 0.5) is 0 Å². The van der Waals surface area contributed by atoms with E-state index in [9.17, 15) is 0 Å². The van der Waals surface area contributed by atoms with Gasteiger partial charge in [-0.1, -0.05) is 19.1 Å². The van der Waals surface area contributed by atoms with E-state index in [1.165, 1.54) is 0 Å². The van der Waals surface area contributed by atoms with E-state index in [2.05, 4.69) is 13.5 Å². The van der Waals surface area contributed by atoms with Gasteiger partial charge in [-0.25, -0.2) is 0 Å². The summed E-state index contributed by atoms with van der Waals surface area (Å²) >= 11 is 1.73. The first-order valence-electron chi connectivity index (χ1n) is 3.37. The summed E-state index contributed by atoms with van der Waals surface area (Å²) in [5.41, 5.74) is 7.67. The van der Waals surface area contributed by atoms with Gasteiger partial charge in [0.25, 0.3) is 0 Å². The van der Waals surface area contributed by atoms with Crippen molar-refractivity contribution in [1.29, 1.82) is 0 Å². The van der Waals surface area contributed by atoms with Crippen molar-refractivity contribution in [2.45, 2.75) is 20.3 Å². The highest BCUT2D eigenvalue weighted by Gasteiger charge is 1.89. The lowest BCUT2D eigenvalue weighted by atomic mass is 10.2. The molecule has 10 heavy (non-hydrogen) atoms. The smallest absolute Gasteiger partial charge is 0.0185 e. The first kappa shape index (κ1) is 9.63. The van der Waals surface area contributed by atoms with Gasteiger partial charge in [-0.2, -0.15) is 0 Å². The third-order valence-corrected chi connectivity index (χ3v) is 1.71. The van der Waals surface area contributed by atoms with Gasteiger partial charge in [0, 0.05) is 12.1 Å². The fourth-order valence-electron chi connectivity index (χ4n) is 0.580. The zero-order valence-corrected chi connectivity index (χ0v) is 7.50. The van der Waals surface area contributed by atoms with E-state index in [4.69, 9.17) is 5.73 Å². The minimum Gasteiger partial charge on any atom is -0.401 e. The van der Waals surface area contributed by atoms with Gasteiger partial charge in [-0.15, -0.1) is 11.8 Å². The van der Waals surface area contributed by atoms with Crippen molar-refractivity contribution in [3.05, 3.63) is 23.3 Å². The molecule has 0 atom stereocenters. The second-order valence-electron chi connectivity index (χ2n) is 2.28. The van der Waals surface area contributed by atoms with Crippen molar-refractivity contribution in [1.82, 2.24) is 0 Å². The Kier molecular flexibility index (Phi) is 5.22. The molecule has 1 nitrogen and oxygen atoms in total. The molecular weight excluding hydrogens is 142 g/mol. The van der Waals surface area contributed by atoms with Crippen LogP contribution in [0.1, 0.15) is 20.3 Å². The van der Waals surface area contributed by atoms with E-state index in [-0.39, 0.29) is 0 Å². The van der Waals surface area contributed by atoms with Gasteiger partial charge in [-0.05, 0) is 18.1 Å². The molecule has 0 aromatic rings. The van der Waals surface area contributed by atoms with Crippen LogP contribution in [0.5, 0.6) is 0 Å². The predicted molar refractivity (Wildman–Crippen MR) is 49.8 cm³/mol. The van der Waals surface area contributed by atoms with Gasteiger partial charge in [0.15, 0.2) is 0 Å². The number of nitrogens with two attached hydrogens (primary N) is 1. The number of thioether (sulfide) groups is 1. The van der Waals surface area contributed by atoms with Crippen molar-refractivity contribution in [3.8, 4) is 0 Å². The van der Waals surface area contributed by atoms with Gasteiger partial charge in [0.05, 0.1) is 0 Å². The van der Waals surface area contributed by atoms with Crippen molar-refractivity contribution in [2.24, 2.45) is 5.73 Å². The number of rotatable bonds is 4. The minimum atomic E-state index is 0.826. The largest absolute Gasteiger partial charge is 0.401 e. The molecule has 0 bridgehead atoms. The Balaban J connectivity index is 3.59. The summed E-state index contributed by atoms with van der Waals surface area (Å²) in [4.78, 5) is 0. The summed E-state index contributed by atoms with van der Waals surface area (Å²) in [6.45, 7) is 7.86. The second-order valence-corrected chi connectivity index (χ2v) is 3.43. The van der Waals surface area contributed by atoms with E-state index in [1.807, 2.05) is 12.3 Å². The summed E-state index contributed by atoms with van der Waals surface area (Å²) in [6.07, 6.45) is 0.826. The maximum absolute atomic E-state index is 5.64. The van der Waals surface area contributed by atoms with Gasteiger partial charge in [0.2, 0.25) is 0 Å². The van der Waals surface area contributed by atoms with Crippen LogP contribution in [0, 0.1) is 0 Å². The van der Waals surface area contributed by atoms with Crippen LogP contribution in [0.3, 0.4) is 0 Å². The van der Waals surface area contributed by atoms with Crippen molar-refractivity contribution in [2.75, 3.05) is 5.75 Å². The zero-order valence-electron chi connectivity index (χ0n) is 6.68. The molecule has 0 aliphatic rings. The van der Waals surface area contributed by atoms with Crippen LogP contribution in [-0.2, 0) is 0 Å². The highest BCUT2D eigenvalue weighted by molar-refractivity contribution is 8.02. The van der Waals surface area contributed by atoms with Gasteiger partial charge >= 0.3 is 0 Å². The van der Waals surface area contributed by atoms with E-state index >= 15 is 0 Å². The van der Waals surface area contributed by atoms with Crippen LogP contribution < -0.4 is 5.73 Å². The Morgan fingerprint density at radius 3 is 2.70 bits per heavy atom. The molecule has 0 fully saturated rings. The van der Waals surface area contributed by atoms with Crippen LogP contribution in [-0.4, -0.2) is 5.75 Å². The fraction of sp³-hybridized carbons (Fsp3) is 0.500. The van der Waals surface area contributed by atoms with E-state index < -0.39 is 0 Å². The predicted octanol–water partition coefficient (Wildman–Crippen LogP) is 2.51. The van der Waals surface area contributed by atoms with Crippen LogP contribution >= 0.6 is 11.8 Å². The second kappa shape index (κ2) is 5.42. The zero-order chi connectivity index (χ0) is 7.98. The average Bonchev–Trinajstić information content (AvgIpc) is 1.82. The van der Waals surface area contributed by atoms with Gasteiger partial charge in [0.1, 0.15) is 0 Å². The van der Waals surface area contributed by atoms with Crippen LogP contribution in [0.25, 0.3) is 0 Å². The van der Waals surface area contributed by atoms with Crippen LogP contribution in [0.2, 0.25) is 0 Å².